The number of aromatic hydroxyl groups is 3. The van der Waals surface area contributed by atoms with Crippen molar-refractivity contribution < 1.29 is 63.9 Å². The number of likely N-dealkylation sites (tertiary alicyclic amines) is 1. The van der Waals surface area contributed by atoms with E-state index in [0.29, 0.717) is 6.54 Å². The minimum Gasteiger partial charge on any atom is -0.633 e. The van der Waals surface area contributed by atoms with Gasteiger partial charge in [-0.1, -0.05) is 59.8 Å². The molecule has 17 heteroatoms. The van der Waals surface area contributed by atoms with Crippen molar-refractivity contribution in [1.29, 1.82) is 0 Å². The molecule has 1 fully saturated rings. The fourth-order valence-corrected chi connectivity index (χ4v) is 9.07. The molecule has 3 heterocycles. The molecule has 0 saturated carbocycles. The Labute approximate surface area is 367 Å². The number of nitrogens with zero attached hydrogens (tertiary/aromatic N) is 3. The number of benzene rings is 2. The number of nitrogens with one attached hydrogen (secondary N) is 1. The van der Waals surface area contributed by atoms with Gasteiger partial charge in [0.15, 0.2) is 11.4 Å². The van der Waals surface area contributed by atoms with Crippen molar-refractivity contribution in [2.24, 2.45) is 39.6 Å². The van der Waals surface area contributed by atoms with Gasteiger partial charge in [0, 0.05) is 79.9 Å². The molecule has 0 radical (unpaired) electrons. The van der Waals surface area contributed by atoms with E-state index in [1.807, 2.05) is 13.8 Å². The second-order valence-electron chi connectivity index (χ2n) is 18.3. The van der Waals surface area contributed by atoms with Gasteiger partial charge in [0.1, 0.15) is 28.6 Å². The van der Waals surface area contributed by atoms with Crippen LogP contribution in [0.3, 0.4) is 0 Å². The number of hydroxylamine groups is 3. The number of rotatable bonds is 4. The van der Waals surface area contributed by atoms with Gasteiger partial charge in [-0.15, -0.1) is 0 Å². The SMILES string of the molecule is CO[C@H]1C=CO[C@](C)(O)C(=O)c2c(O)c(C)c(O)c3c(O)c(c4c(c23)=NC2(CC[N+]([O-])(CC(C)C)CC2)N=4)NC(=O)C(C)=CC=C[C@H](C)[C@H](O)[C@@H](C)[C@@H](O)[C@@H](C)[C@H](OC(C)=O)[C@@H]1C. The monoisotopic (exact) mass is 880 g/mol. The van der Waals surface area contributed by atoms with Crippen molar-refractivity contribution in [3.05, 3.63) is 63.2 Å². The third-order valence-corrected chi connectivity index (χ3v) is 12.9. The summed E-state index contributed by atoms with van der Waals surface area (Å²) in [6, 6.07) is 0. The number of quaternary nitrogens is 1. The van der Waals surface area contributed by atoms with E-state index in [9.17, 15) is 50.2 Å². The summed E-state index contributed by atoms with van der Waals surface area (Å²) in [5.74, 6) is -9.92. The number of carbonyl (C=O) groups excluding carboxylic acids is 3. The third kappa shape index (κ3) is 9.78. The zero-order chi connectivity index (χ0) is 47.1. The number of allylic oxidation sites excluding steroid dienone is 2. The number of aliphatic hydroxyl groups excluding tert-OH is 2. The Balaban J connectivity index is 1.76. The first-order valence-corrected chi connectivity index (χ1v) is 21.4. The highest BCUT2D eigenvalue weighted by Gasteiger charge is 2.45. The van der Waals surface area contributed by atoms with Gasteiger partial charge in [-0.25, -0.2) is 0 Å². The van der Waals surface area contributed by atoms with Crippen LogP contribution in [0.1, 0.15) is 91.1 Å². The molecular formula is C46H64N4O13. The lowest BCUT2D eigenvalue weighted by Crippen LogP contribution is -2.54. The highest BCUT2D eigenvalue weighted by molar-refractivity contribution is 6.17. The maximum atomic E-state index is 14.6. The molecule has 1 amide bonds. The maximum absolute atomic E-state index is 14.6. The summed E-state index contributed by atoms with van der Waals surface area (Å²) in [5.41, 5.74) is -2.20. The van der Waals surface area contributed by atoms with Crippen LogP contribution in [0.25, 0.3) is 10.8 Å². The summed E-state index contributed by atoms with van der Waals surface area (Å²) in [6.45, 7) is 16.4. The number of hydrogen-bond donors (Lipinski definition) is 7. The zero-order valence-corrected chi connectivity index (χ0v) is 38.0. The molecule has 7 N–H and O–H groups in total. The van der Waals surface area contributed by atoms with Crippen LogP contribution in [0.5, 0.6) is 17.2 Å². The van der Waals surface area contributed by atoms with Gasteiger partial charge < -0.3 is 60.0 Å². The van der Waals surface area contributed by atoms with E-state index in [1.54, 1.807) is 39.8 Å². The number of anilines is 1. The van der Waals surface area contributed by atoms with E-state index < -0.39 is 105 Å². The molecule has 0 aromatic heterocycles. The molecule has 63 heavy (non-hydrogen) atoms. The number of phenolic OH excluding ortho intramolecular Hbond substituents is 3. The highest BCUT2D eigenvalue weighted by Crippen LogP contribution is 2.46. The number of esters is 1. The smallest absolute Gasteiger partial charge is 0.302 e. The first-order chi connectivity index (χ1) is 29.3. The molecule has 1 spiro atoms. The van der Waals surface area contributed by atoms with E-state index in [2.05, 4.69) is 5.32 Å². The van der Waals surface area contributed by atoms with E-state index in [0.717, 1.165) is 13.2 Å². The quantitative estimate of drug-likeness (QED) is 0.0991. The summed E-state index contributed by atoms with van der Waals surface area (Å²) >= 11 is 0. The maximum Gasteiger partial charge on any atom is 0.302 e. The molecule has 17 nitrogen and oxygen atoms in total. The van der Waals surface area contributed by atoms with Crippen molar-refractivity contribution in [2.75, 3.05) is 32.1 Å². The van der Waals surface area contributed by atoms with Crippen LogP contribution < -0.4 is 16.0 Å². The first kappa shape index (κ1) is 49.1. The number of aliphatic hydroxyl groups is 3. The summed E-state index contributed by atoms with van der Waals surface area (Å²) in [7, 11) is 1.38. The number of ketones is 1. The average molecular weight is 881 g/mol. The molecule has 346 valence electrons. The van der Waals surface area contributed by atoms with Crippen LogP contribution in [-0.4, -0.2) is 116 Å². The van der Waals surface area contributed by atoms with Crippen LogP contribution in [0.2, 0.25) is 0 Å². The molecule has 3 aliphatic heterocycles. The molecule has 9 atom stereocenters. The summed E-state index contributed by atoms with van der Waals surface area (Å²) < 4.78 is 16.6. The molecule has 2 bridgehead atoms. The van der Waals surface area contributed by atoms with Gasteiger partial charge in [-0.2, -0.15) is 0 Å². The topological polar surface area (TPSA) is 260 Å². The van der Waals surface area contributed by atoms with Gasteiger partial charge in [0.2, 0.25) is 5.78 Å². The molecule has 3 aliphatic rings. The molecule has 2 aromatic rings. The number of phenols is 3. The van der Waals surface area contributed by atoms with Gasteiger partial charge in [0.25, 0.3) is 11.7 Å². The fraction of sp³-hybridized carbons (Fsp3) is 0.587. The lowest BCUT2D eigenvalue weighted by molar-refractivity contribution is -0.889. The Morgan fingerprint density at radius 3 is 2.16 bits per heavy atom. The fourth-order valence-electron chi connectivity index (χ4n) is 9.07. The second-order valence-corrected chi connectivity index (χ2v) is 18.3. The Morgan fingerprint density at radius 2 is 1.57 bits per heavy atom. The summed E-state index contributed by atoms with van der Waals surface area (Å²) in [6.07, 6.45) is 3.28. The average Bonchev–Trinajstić information content (AvgIpc) is 3.60. The third-order valence-electron chi connectivity index (χ3n) is 12.9. The van der Waals surface area contributed by atoms with Gasteiger partial charge in [-0.05, 0) is 19.9 Å². The van der Waals surface area contributed by atoms with Crippen molar-refractivity contribution in [3.8, 4) is 17.2 Å². The summed E-state index contributed by atoms with van der Waals surface area (Å²) in [4.78, 5) is 50.8. The van der Waals surface area contributed by atoms with Crippen LogP contribution in [0.15, 0.2) is 46.1 Å². The first-order valence-electron chi connectivity index (χ1n) is 21.4. The molecular weight excluding hydrogens is 817 g/mol. The Hall–Kier alpha value is -4.91. The van der Waals surface area contributed by atoms with E-state index in [1.165, 1.54) is 40.0 Å². The molecule has 2 aromatic carbocycles. The number of piperidine rings is 1. The van der Waals surface area contributed by atoms with Crippen LogP contribution >= 0.6 is 0 Å². The van der Waals surface area contributed by atoms with E-state index in [-0.39, 0.29) is 70.2 Å². The van der Waals surface area contributed by atoms with Crippen LogP contribution in [0, 0.1) is 41.7 Å². The van der Waals surface area contributed by atoms with Crippen molar-refractivity contribution in [2.45, 2.75) is 118 Å². The predicted octanol–water partition coefficient (Wildman–Crippen LogP) is 4.07. The van der Waals surface area contributed by atoms with Gasteiger partial charge in [-0.3, -0.25) is 24.4 Å². The normalized spacial score (nSPS) is 33.4. The van der Waals surface area contributed by atoms with E-state index >= 15 is 0 Å². The number of amides is 1. The highest BCUT2D eigenvalue weighted by atomic mass is 16.6. The van der Waals surface area contributed by atoms with Gasteiger partial charge >= 0.3 is 5.97 Å². The minimum atomic E-state index is -2.74. The standard InChI is InChI=1S/C46H64N4O13/c1-22(2)21-50(60)18-16-46(17-19-50)48-34-31-32-39(54)27(7)40(55)33(31)43(57)45(10,59)62-20-15-30(61-11)25(5)42(63-29(9)51)28(8)38(53)26(6)37(52)23(3)13-12-14-24(4)44(58)47-36(41(32)56)35(34)49-46/h12-15,20,22-23,25-26,28,30,37-38,42,52-56,59H,16-19,21H2,1-11H3,(H,47,58)/t23-,25+,26+,28+,30-,37-,38+,42+,45-,46?,50?/m0/s1. The summed E-state index contributed by atoms with van der Waals surface area (Å²) in [5, 5.41) is 85.5. The number of Topliss-reactive ketones (excluding diaryl/α,β-unsaturated/α-hetero) is 1. The Kier molecular flexibility index (Phi) is 14.6. The zero-order valence-electron chi connectivity index (χ0n) is 38.0. The predicted molar refractivity (Wildman–Crippen MR) is 233 cm³/mol. The number of hydrogen-bond acceptors (Lipinski definition) is 15. The molecule has 0 aliphatic carbocycles. The number of ether oxygens (including phenoxy) is 3. The Bertz CT molecular complexity index is 2330. The van der Waals surface area contributed by atoms with Crippen LogP contribution in [0.4, 0.5) is 5.69 Å². The molecule has 5 rings (SSSR count). The van der Waals surface area contributed by atoms with Crippen LogP contribution in [-0.2, 0) is 23.8 Å². The van der Waals surface area contributed by atoms with Crippen molar-refractivity contribution in [1.82, 2.24) is 0 Å². The lowest BCUT2D eigenvalue weighted by atomic mass is 9.78. The lowest BCUT2D eigenvalue weighted by Gasteiger charge is -2.49. The van der Waals surface area contributed by atoms with Gasteiger partial charge in [0.05, 0.1) is 60.5 Å². The Morgan fingerprint density at radius 1 is 0.952 bits per heavy atom. The molecule has 1 saturated heterocycles. The number of carbonyl (C=O) groups is 3. The second kappa shape index (κ2) is 18.7. The van der Waals surface area contributed by atoms with Crippen molar-refractivity contribution in [3.63, 3.8) is 0 Å². The van der Waals surface area contributed by atoms with E-state index in [4.69, 9.17) is 24.2 Å². The number of methoxy groups -OCH3 is 1. The molecule has 0 unspecified atom stereocenters. The van der Waals surface area contributed by atoms with Crippen molar-refractivity contribution >= 4 is 34.1 Å². The largest absolute Gasteiger partial charge is 0.633 e. The minimum absolute atomic E-state index is 0.0733.